The standard InChI is InChI=1S/C24H26N2O3S.CH3.ClH.Ru/c1-18(2)29-22-16-10-9-15-21(22)17-30(27,28)26-24(20-13-7-4-8-14-20)23(25)19-11-5-3-6-12-19;;;/h3-16,18,23-25H,17H2,1-2H3;1H3;1H;/q-2;-1;;+4/p-1. The Kier molecular flexibility index (Phi) is 12.9. The van der Waals surface area contributed by atoms with E-state index in [0.29, 0.717) is 22.4 Å². The van der Waals surface area contributed by atoms with Gasteiger partial charge in [0.05, 0.1) is 21.9 Å². The van der Waals surface area contributed by atoms with Crippen molar-refractivity contribution >= 4 is 19.7 Å². The number of hydrogen-bond donors (Lipinski definition) is 0. The van der Waals surface area contributed by atoms with Crippen molar-refractivity contribution in [1.82, 2.24) is 0 Å². The first-order chi connectivity index (χ1) is 15.4. The first-order valence-corrected chi connectivity index (χ1v) is 13.8. The molecule has 0 aliphatic rings. The number of benzene rings is 3. The average Bonchev–Trinajstić information content (AvgIpc) is 2.80. The first kappa shape index (κ1) is 29.3. The van der Waals surface area contributed by atoms with Gasteiger partial charge in [-0.3, -0.25) is 0 Å². The Bertz CT molecular complexity index is 1050. The number of halogens is 1. The molecule has 0 spiro atoms. The molecular weight excluding hydrogens is 545 g/mol. The monoisotopic (exact) mass is 574 g/mol. The minimum atomic E-state index is -3.87. The van der Waals surface area contributed by atoms with Crippen LogP contribution in [0.1, 0.15) is 42.6 Å². The van der Waals surface area contributed by atoms with Crippen molar-refractivity contribution in [3.8, 4) is 5.75 Å². The molecule has 2 unspecified atom stereocenters. The Labute approximate surface area is 212 Å². The van der Waals surface area contributed by atoms with Crippen LogP contribution in [0.4, 0.5) is 0 Å². The van der Waals surface area contributed by atoms with Crippen molar-refractivity contribution < 1.29 is 30.5 Å². The van der Waals surface area contributed by atoms with E-state index in [-0.39, 0.29) is 19.3 Å². The second-order valence-corrected chi connectivity index (χ2v) is 9.01. The van der Waals surface area contributed by atoms with Crippen LogP contribution in [-0.4, -0.2) is 14.5 Å². The van der Waals surface area contributed by atoms with Crippen molar-refractivity contribution in [2.75, 3.05) is 0 Å². The molecule has 2 atom stereocenters. The normalized spacial score (nSPS) is 12.6. The zero-order valence-electron chi connectivity index (χ0n) is 18.8. The van der Waals surface area contributed by atoms with Crippen LogP contribution in [0.25, 0.3) is 10.5 Å². The summed E-state index contributed by atoms with van der Waals surface area (Å²) in [6, 6.07) is 23.7. The van der Waals surface area contributed by atoms with Crippen LogP contribution >= 0.6 is 9.69 Å². The summed E-state index contributed by atoms with van der Waals surface area (Å²) in [6.45, 7) is 3.79. The van der Waals surface area contributed by atoms with Crippen molar-refractivity contribution in [1.29, 1.82) is 0 Å². The molecule has 0 aliphatic carbocycles. The molecule has 3 aromatic carbocycles. The molecule has 0 aliphatic heterocycles. The zero-order valence-corrected chi connectivity index (χ0v) is 22.1. The Morgan fingerprint density at radius 3 is 1.91 bits per heavy atom. The van der Waals surface area contributed by atoms with Gasteiger partial charge in [0, 0.05) is 5.56 Å². The SMILES string of the molecule is CC(C)Oc1ccccc1CS(=O)(=O)[N-]C(c1ccccc1)C([NH-])c1ccccc1.[CH3-].[Cl][Ru+3]. The number of para-hydroxylation sites is 1. The van der Waals surface area contributed by atoms with Crippen molar-refractivity contribution in [2.24, 2.45) is 0 Å². The van der Waals surface area contributed by atoms with Crippen LogP contribution in [0, 0.1) is 7.43 Å². The minimum absolute atomic E-state index is 0. The maximum absolute atomic E-state index is 13.1. The fourth-order valence-corrected chi connectivity index (χ4v) is 4.50. The van der Waals surface area contributed by atoms with Crippen LogP contribution in [0.2, 0.25) is 0 Å². The van der Waals surface area contributed by atoms with Crippen LogP contribution in [0.5, 0.6) is 5.75 Å². The van der Waals surface area contributed by atoms with Gasteiger partial charge in [-0.25, -0.2) is 8.42 Å². The molecule has 5 nitrogen and oxygen atoms in total. The predicted octanol–water partition coefficient (Wildman–Crippen LogP) is 7.35. The van der Waals surface area contributed by atoms with Gasteiger partial charge in [-0.2, -0.15) is 0 Å². The van der Waals surface area contributed by atoms with Crippen LogP contribution in [-0.2, 0) is 33.1 Å². The van der Waals surface area contributed by atoms with Gasteiger partial charge < -0.3 is 22.6 Å². The average molecular weight is 574 g/mol. The first-order valence-electron chi connectivity index (χ1n) is 9.99. The molecule has 0 aromatic heterocycles. The number of sulfonamides is 1. The predicted molar refractivity (Wildman–Crippen MR) is 133 cm³/mol. The number of hydrogen-bond acceptors (Lipinski definition) is 3. The molecule has 0 bridgehead atoms. The second kappa shape index (κ2) is 14.5. The summed E-state index contributed by atoms with van der Waals surface area (Å²) in [5.41, 5.74) is 10.7. The Hall–Kier alpha value is -1.76. The van der Waals surface area contributed by atoms with Gasteiger partial charge in [0.25, 0.3) is 0 Å². The van der Waals surface area contributed by atoms with Gasteiger partial charge >= 0.3 is 27.0 Å². The van der Waals surface area contributed by atoms with E-state index in [1.54, 1.807) is 18.2 Å². The third kappa shape index (κ3) is 9.19. The molecule has 8 heteroatoms. The summed E-state index contributed by atoms with van der Waals surface area (Å²) >= 11 is 1.82. The van der Waals surface area contributed by atoms with Crippen LogP contribution in [0.3, 0.4) is 0 Å². The van der Waals surface area contributed by atoms with E-state index >= 15 is 0 Å². The zero-order chi connectivity index (χ0) is 23.6. The number of nitrogens with one attached hydrogen (secondary N) is 1. The molecule has 33 heavy (non-hydrogen) atoms. The van der Waals surface area contributed by atoms with E-state index in [9.17, 15) is 8.42 Å². The molecule has 3 aromatic rings. The summed E-state index contributed by atoms with van der Waals surface area (Å²) in [5, 5.41) is 0. The Morgan fingerprint density at radius 2 is 1.36 bits per heavy atom. The molecular formula is C25H29ClN2O3RuS. The molecule has 0 saturated carbocycles. The van der Waals surface area contributed by atoms with Gasteiger partial charge in [-0.05, 0) is 19.9 Å². The van der Waals surface area contributed by atoms with E-state index in [1.165, 1.54) is 0 Å². The van der Waals surface area contributed by atoms with E-state index in [2.05, 4.69) is 14.4 Å². The van der Waals surface area contributed by atoms with Gasteiger partial charge in [0.1, 0.15) is 5.75 Å². The quantitative estimate of drug-likeness (QED) is 0.198. The molecule has 0 fully saturated rings. The summed E-state index contributed by atoms with van der Waals surface area (Å²) in [6.07, 6.45) is -0.0708. The number of ether oxygens (including phenoxy) is 1. The second-order valence-electron chi connectivity index (χ2n) is 7.35. The fraction of sp³-hybridized carbons (Fsp3) is 0.240. The van der Waals surface area contributed by atoms with Crippen molar-refractivity contribution in [3.63, 3.8) is 0 Å². The summed E-state index contributed by atoms with van der Waals surface area (Å²) in [7, 11) is 0.701. The third-order valence-electron chi connectivity index (χ3n) is 4.56. The van der Waals surface area contributed by atoms with E-state index in [0.717, 1.165) is 0 Å². The number of nitrogens with zero attached hydrogens (tertiary/aromatic N) is 1. The molecule has 0 amide bonds. The topological polar surface area (TPSA) is 81.3 Å². The molecule has 3 rings (SSSR count). The van der Waals surface area contributed by atoms with Gasteiger partial charge in [-0.15, -0.1) is 12.1 Å². The van der Waals surface area contributed by atoms with Gasteiger partial charge in [0.15, 0.2) is 0 Å². The molecule has 1 N–H and O–H groups in total. The molecule has 0 saturated heterocycles. The summed E-state index contributed by atoms with van der Waals surface area (Å²) in [5.74, 6) is 0.258. The molecule has 0 heterocycles. The Balaban J connectivity index is 0.00000177. The molecule has 0 radical (unpaired) electrons. The fourth-order valence-electron chi connectivity index (χ4n) is 3.21. The maximum atomic E-state index is 13.1. The number of rotatable bonds is 9. The summed E-state index contributed by atoms with van der Waals surface area (Å²) in [4.78, 5) is 0. The third-order valence-corrected chi connectivity index (χ3v) is 5.79. The van der Waals surface area contributed by atoms with Crippen LogP contribution in [0.15, 0.2) is 84.9 Å². The Morgan fingerprint density at radius 1 is 0.879 bits per heavy atom. The molecule has 178 valence electrons. The van der Waals surface area contributed by atoms with E-state index in [4.69, 9.17) is 10.5 Å². The summed E-state index contributed by atoms with van der Waals surface area (Å²) < 4.78 is 36.1. The van der Waals surface area contributed by atoms with Gasteiger partial charge in [-0.1, -0.05) is 90.0 Å². The van der Waals surface area contributed by atoms with E-state index in [1.807, 2.05) is 97.9 Å². The van der Waals surface area contributed by atoms with Gasteiger partial charge in [0.2, 0.25) is 0 Å². The van der Waals surface area contributed by atoms with Crippen molar-refractivity contribution in [3.05, 3.63) is 120 Å². The van der Waals surface area contributed by atoms with Crippen molar-refractivity contribution in [2.45, 2.75) is 37.8 Å². The van der Waals surface area contributed by atoms with Crippen LogP contribution < -0.4 is 4.74 Å². The van der Waals surface area contributed by atoms with E-state index < -0.39 is 22.1 Å².